The first-order valence-electron chi connectivity index (χ1n) is 6.46. The van der Waals surface area contributed by atoms with Crippen LogP contribution in [0.25, 0.3) is 0 Å². The van der Waals surface area contributed by atoms with Gasteiger partial charge in [0.1, 0.15) is 11.4 Å². The van der Waals surface area contributed by atoms with Crippen LogP contribution in [-0.2, 0) is 6.42 Å². The molecule has 0 N–H and O–H groups in total. The van der Waals surface area contributed by atoms with Crippen LogP contribution in [-0.4, -0.2) is 29.7 Å². The number of fused-ring (bicyclic) bond motifs is 1. The molecule has 0 radical (unpaired) electrons. The Balaban J connectivity index is 1.97. The molecule has 0 bridgehead atoms. The third kappa shape index (κ3) is 2.22. The number of carbonyl (C=O) groups excluding carboxylic acids is 1. The van der Waals surface area contributed by atoms with E-state index in [1.165, 1.54) is 7.11 Å². The lowest BCUT2D eigenvalue weighted by Gasteiger charge is -2.19. The van der Waals surface area contributed by atoms with E-state index in [9.17, 15) is 4.79 Å². The van der Waals surface area contributed by atoms with Gasteiger partial charge in [-0.15, -0.1) is 10.2 Å². The highest BCUT2D eigenvalue weighted by Crippen LogP contribution is 2.30. The van der Waals surface area contributed by atoms with Crippen LogP contribution in [0.3, 0.4) is 0 Å². The summed E-state index contributed by atoms with van der Waals surface area (Å²) in [6.45, 7) is 0.644. The van der Waals surface area contributed by atoms with Gasteiger partial charge in [0, 0.05) is 6.07 Å². The predicted molar refractivity (Wildman–Crippen MR) is 72.3 cm³/mol. The maximum atomic E-state index is 12.5. The van der Waals surface area contributed by atoms with Gasteiger partial charge in [-0.1, -0.05) is 12.1 Å². The van der Waals surface area contributed by atoms with Gasteiger partial charge in [0.2, 0.25) is 11.7 Å². The van der Waals surface area contributed by atoms with Crippen LogP contribution in [0.1, 0.15) is 28.0 Å². The Labute approximate surface area is 116 Å². The molecule has 1 aliphatic rings. The van der Waals surface area contributed by atoms with Crippen molar-refractivity contribution in [3.05, 3.63) is 47.2 Å². The molecule has 2 aromatic rings. The summed E-state index contributed by atoms with van der Waals surface area (Å²) in [5.74, 6) is 0.883. The molecule has 0 saturated heterocycles. The summed E-state index contributed by atoms with van der Waals surface area (Å²) < 4.78 is 10.6. The van der Waals surface area contributed by atoms with Gasteiger partial charge < -0.3 is 9.47 Å². The molecule has 0 spiro atoms. The van der Waals surface area contributed by atoms with E-state index in [4.69, 9.17) is 9.47 Å². The lowest BCUT2D eigenvalue weighted by Crippen LogP contribution is -2.14. The van der Waals surface area contributed by atoms with Crippen molar-refractivity contribution in [3.8, 4) is 11.6 Å². The second kappa shape index (κ2) is 5.28. The Kier molecular flexibility index (Phi) is 3.33. The quantitative estimate of drug-likeness (QED) is 0.799. The number of carbonyl (C=O) groups is 1. The Morgan fingerprint density at radius 3 is 2.90 bits per heavy atom. The Bertz CT molecular complexity index is 638. The monoisotopic (exact) mass is 270 g/mol. The molecule has 3 rings (SSSR count). The zero-order valence-electron chi connectivity index (χ0n) is 11.1. The summed E-state index contributed by atoms with van der Waals surface area (Å²) in [7, 11) is 1.51. The van der Waals surface area contributed by atoms with E-state index >= 15 is 0 Å². The van der Waals surface area contributed by atoms with Crippen LogP contribution in [0.15, 0.2) is 30.3 Å². The molecule has 2 heterocycles. The van der Waals surface area contributed by atoms with Crippen molar-refractivity contribution in [1.82, 2.24) is 10.2 Å². The van der Waals surface area contributed by atoms with Crippen molar-refractivity contribution < 1.29 is 14.3 Å². The van der Waals surface area contributed by atoms with Crippen molar-refractivity contribution in [3.63, 3.8) is 0 Å². The highest BCUT2D eigenvalue weighted by molar-refractivity contribution is 6.09. The molecule has 102 valence electrons. The standard InChI is InChI=1S/C15H14N2O3/c1-19-13-8-7-12(16-17-13)14(18)11-6-2-4-10-5-3-9-20-15(10)11/h2,4,6-8H,3,5,9H2,1H3. The van der Waals surface area contributed by atoms with Crippen LogP contribution in [0.5, 0.6) is 11.6 Å². The number of ether oxygens (including phenoxy) is 2. The summed E-state index contributed by atoms with van der Waals surface area (Å²) in [4.78, 5) is 12.5. The lowest BCUT2D eigenvalue weighted by atomic mass is 9.99. The second-order valence-electron chi connectivity index (χ2n) is 4.54. The van der Waals surface area contributed by atoms with E-state index in [-0.39, 0.29) is 11.5 Å². The summed E-state index contributed by atoms with van der Waals surface area (Å²) in [6.07, 6.45) is 1.91. The van der Waals surface area contributed by atoms with Gasteiger partial charge in [-0.3, -0.25) is 4.79 Å². The zero-order valence-corrected chi connectivity index (χ0v) is 11.1. The molecule has 1 aromatic carbocycles. The first-order valence-corrected chi connectivity index (χ1v) is 6.46. The fourth-order valence-electron chi connectivity index (χ4n) is 2.26. The van der Waals surface area contributed by atoms with Crippen molar-refractivity contribution in [2.45, 2.75) is 12.8 Å². The number of hydrogen-bond acceptors (Lipinski definition) is 5. The van der Waals surface area contributed by atoms with E-state index in [1.54, 1.807) is 18.2 Å². The molecule has 0 amide bonds. The molecule has 20 heavy (non-hydrogen) atoms. The van der Waals surface area contributed by atoms with Crippen molar-refractivity contribution >= 4 is 5.78 Å². The zero-order chi connectivity index (χ0) is 13.9. The van der Waals surface area contributed by atoms with Gasteiger partial charge in [0.15, 0.2) is 0 Å². The van der Waals surface area contributed by atoms with Gasteiger partial charge in [0.05, 0.1) is 19.3 Å². The minimum Gasteiger partial charge on any atom is -0.493 e. The van der Waals surface area contributed by atoms with E-state index in [2.05, 4.69) is 10.2 Å². The number of ketones is 1. The first-order chi connectivity index (χ1) is 9.79. The highest BCUT2D eigenvalue weighted by Gasteiger charge is 2.21. The summed E-state index contributed by atoms with van der Waals surface area (Å²) in [5, 5.41) is 7.72. The van der Waals surface area contributed by atoms with Gasteiger partial charge in [-0.25, -0.2) is 0 Å². The molecular weight excluding hydrogens is 256 g/mol. The number of aryl methyl sites for hydroxylation is 1. The fraction of sp³-hybridized carbons (Fsp3) is 0.267. The largest absolute Gasteiger partial charge is 0.493 e. The number of para-hydroxylation sites is 1. The van der Waals surface area contributed by atoms with Crippen LogP contribution in [0, 0.1) is 0 Å². The number of nitrogens with zero attached hydrogens (tertiary/aromatic N) is 2. The SMILES string of the molecule is COc1ccc(C(=O)c2cccc3c2OCCC3)nn1. The highest BCUT2D eigenvalue weighted by atomic mass is 16.5. The van der Waals surface area contributed by atoms with Crippen molar-refractivity contribution in [1.29, 1.82) is 0 Å². The number of rotatable bonds is 3. The molecule has 5 nitrogen and oxygen atoms in total. The molecule has 5 heteroatoms. The van der Waals surface area contributed by atoms with E-state index in [0.29, 0.717) is 23.8 Å². The molecule has 0 saturated carbocycles. The fourth-order valence-corrected chi connectivity index (χ4v) is 2.26. The van der Waals surface area contributed by atoms with E-state index < -0.39 is 0 Å². The normalized spacial score (nSPS) is 13.2. The van der Waals surface area contributed by atoms with Crippen LogP contribution in [0.4, 0.5) is 0 Å². The minimum absolute atomic E-state index is 0.182. The number of aromatic nitrogens is 2. The number of benzene rings is 1. The number of hydrogen-bond donors (Lipinski definition) is 0. The number of methoxy groups -OCH3 is 1. The topological polar surface area (TPSA) is 61.3 Å². The average molecular weight is 270 g/mol. The molecule has 0 fully saturated rings. The second-order valence-corrected chi connectivity index (χ2v) is 4.54. The summed E-state index contributed by atoms with van der Waals surface area (Å²) in [6, 6.07) is 8.86. The molecular formula is C15H14N2O3. The van der Waals surface area contributed by atoms with Crippen LogP contribution < -0.4 is 9.47 Å². The maximum absolute atomic E-state index is 12.5. The van der Waals surface area contributed by atoms with Crippen molar-refractivity contribution in [2.75, 3.05) is 13.7 Å². The molecule has 1 aliphatic heterocycles. The third-order valence-corrected chi connectivity index (χ3v) is 3.26. The van der Waals surface area contributed by atoms with Gasteiger partial charge in [0.25, 0.3) is 0 Å². The predicted octanol–water partition coefficient (Wildman–Crippen LogP) is 2.04. The van der Waals surface area contributed by atoms with E-state index in [0.717, 1.165) is 18.4 Å². The van der Waals surface area contributed by atoms with Crippen molar-refractivity contribution in [2.24, 2.45) is 0 Å². The maximum Gasteiger partial charge on any atom is 0.233 e. The van der Waals surface area contributed by atoms with Gasteiger partial charge in [-0.2, -0.15) is 0 Å². The van der Waals surface area contributed by atoms with Gasteiger partial charge >= 0.3 is 0 Å². The minimum atomic E-state index is -0.182. The summed E-state index contributed by atoms with van der Waals surface area (Å²) in [5.41, 5.74) is 1.90. The first kappa shape index (κ1) is 12.6. The Morgan fingerprint density at radius 2 is 2.15 bits per heavy atom. The molecule has 1 aromatic heterocycles. The third-order valence-electron chi connectivity index (χ3n) is 3.26. The summed E-state index contributed by atoms with van der Waals surface area (Å²) >= 11 is 0. The lowest BCUT2D eigenvalue weighted by molar-refractivity contribution is 0.102. The molecule has 0 atom stereocenters. The smallest absolute Gasteiger partial charge is 0.233 e. The molecule has 0 unspecified atom stereocenters. The Hall–Kier alpha value is -2.43. The van der Waals surface area contributed by atoms with E-state index in [1.807, 2.05) is 12.1 Å². The molecule has 0 aliphatic carbocycles. The average Bonchev–Trinajstić information content (AvgIpc) is 2.54. The Morgan fingerprint density at radius 1 is 1.25 bits per heavy atom. The van der Waals surface area contributed by atoms with Crippen LogP contribution >= 0.6 is 0 Å². The van der Waals surface area contributed by atoms with Gasteiger partial charge in [-0.05, 0) is 30.5 Å². The van der Waals surface area contributed by atoms with Crippen LogP contribution in [0.2, 0.25) is 0 Å².